The smallest absolute Gasteiger partial charge is 0.423 e. The minimum Gasteiger partial charge on any atom is -0.423 e. The summed E-state index contributed by atoms with van der Waals surface area (Å²) in [6, 6.07) is 15.0. The summed E-state index contributed by atoms with van der Waals surface area (Å²) < 4.78 is 5.13. The Kier molecular flexibility index (Phi) is 3.77. The number of benzene rings is 2. The largest absolute Gasteiger partial charge is 0.491 e. The van der Waals surface area contributed by atoms with Crippen LogP contribution in [0.25, 0.3) is 0 Å². The van der Waals surface area contributed by atoms with Crippen LogP contribution in [0.2, 0.25) is 0 Å². The van der Waals surface area contributed by atoms with Gasteiger partial charge in [0.15, 0.2) is 0 Å². The minimum atomic E-state index is -0.931. The zero-order chi connectivity index (χ0) is 14.8. The van der Waals surface area contributed by atoms with E-state index in [0.717, 1.165) is 11.1 Å². The van der Waals surface area contributed by atoms with Gasteiger partial charge in [-0.1, -0.05) is 36.4 Å². The summed E-state index contributed by atoms with van der Waals surface area (Å²) in [5, 5.41) is 12.7. The summed E-state index contributed by atoms with van der Waals surface area (Å²) in [6.07, 6.45) is 0. The van der Waals surface area contributed by atoms with E-state index < -0.39 is 7.12 Å². The average molecular weight is 281 g/mol. The lowest BCUT2D eigenvalue weighted by atomic mass is 9.79. The maximum absolute atomic E-state index is 12.3. The normalized spacial score (nSPS) is 14.7. The first-order valence-electron chi connectivity index (χ1n) is 6.93. The Balaban J connectivity index is 1.76. The number of hydrogen-bond donors (Lipinski definition) is 2. The van der Waals surface area contributed by atoms with E-state index in [4.69, 9.17) is 4.65 Å². The van der Waals surface area contributed by atoms with Gasteiger partial charge in [0.05, 0.1) is 12.6 Å². The van der Waals surface area contributed by atoms with E-state index in [1.807, 2.05) is 43.3 Å². The van der Waals surface area contributed by atoms with Crippen LogP contribution in [0.3, 0.4) is 0 Å². The number of carbonyl (C=O) groups is 1. The van der Waals surface area contributed by atoms with Gasteiger partial charge in [0, 0.05) is 5.56 Å². The molecular weight excluding hydrogens is 265 g/mol. The highest BCUT2D eigenvalue weighted by Gasteiger charge is 2.28. The fourth-order valence-electron chi connectivity index (χ4n) is 2.46. The second-order valence-electron chi connectivity index (χ2n) is 5.18. The maximum Gasteiger partial charge on any atom is 0.491 e. The molecule has 0 aromatic heterocycles. The van der Waals surface area contributed by atoms with Crippen molar-refractivity contribution in [3.8, 4) is 0 Å². The number of amides is 1. The monoisotopic (exact) mass is 281 g/mol. The van der Waals surface area contributed by atoms with Crippen LogP contribution in [0, 0.1) is 0 Å². The molecule has 0 fully saturated rings. The lowest BCUT2D eigenvalue weighted by molar-refractivity contribution is 0.0940. The van der Waals surface area contributed by atoms with Crippen molar-refractivity contribution in [2.75, 3.05) is 0 Å². The predicted octanol–water partition coefficient (Wildman–Crippen LogP) is 1.40. The van der Waals surface area contributed by atoms with Gasteiger partial charge in [-0.2, -0.15) is 0 Å². The Bertz CT molecular complexity index is 660. The molecule has 2 aromatic rings. The molecule has 0 saturated heterocycles. The van der Waals surface area contributed by atoms with Crippen molar-refractivity contribution in [2.24, 2.45) is 0 Å². The molecule has 1 aliphatic rings. The van der Waals surface area contributed by atoms with Gasteiger partial charge in [0.25, 0.3) is 5.91 Å². The second-order valence-corrected chi connectivity index (χ2v) is 5.18. The molecule has 21 heavy (non-hydrogen) atoms. The fourth-order valence-corrected chi connectivity index (χ4v) is 2.46. The van der Waals surface area contributed by atoms with Gasteiger partial charge in [-0.3, -0.25) is 4.79 Å². The van der Waals surface area contributed by atoms with E-state index in [1.54, 1.807) is 12.1 Å². The predicted molar refractivity (Wildman–Crippen MR) is 81.2 cm³/mol. The molecule has 1 aliphatic heterocycles. The summed E-state index contributed by atoms with van der Waals surface area (Å²) >= 11 is 0. The molecule has 4 nitrogen and oxygen atoms in total. The molecule has 1 unspecified atom stereocenters. The molecular formula is C16H16BNO3. The number of rotatable bonds is 3. The molecule has 2 N–H and O–H groups in total. The average Bonchev–Trinajstić information content (AvgIpc) is 2.89. The highest BCUT2D eigenvalue weighted by molar-refractivity contribution is 6.61. The first-order valence-corrected chi connectivity index (χ1v) is 6.93. The van der Waals surface area contributed by atoms with E-state index in [9.17, 15) is 9.82 Å². The Morgan fingerprint density at radius 3 is 2.81 bits per heavy atom. The van der Waals surface area contributed by atoms with E-state index in [-0.39, 0.29) is 11.9 Å². The van der Waals surface area contributed by atoms with Crippen molar-refractivity contribution >= 4 is 18.5 Å². The third-order valence-corrected chi connectivity index (χ3v) is 3.72. The van der Waals surface area contributed by atoms with Gasteiger partial charge in [-0.05, 0) is 35.6 Å². The molecule has 1 heterocycles. The Morgan fingerprint density at radius 2 is 2.05 bits per heavy atom. The third-order valence-electron chi connectivity index (χ3n) is 3.72. The highest BCUT2D eigenvalue weighted by Crippen LogP contribution is 2.14. The zero-order valence-electron chi connectivity index (χ0n) is 11.7. The lowest BCUT2D eigenvalue weighted by Gasteiger charge is -2.14. The Morgan fingerprint density at radius 1 is 1.29 bits per heavy atom. The van der Waals surface area contributed by atoms with Crippen molar-refractivity contribution < 1.29 is 14.5 Å². The SMILES string of the molecule is CC(NC(=O)c1ccc2c(c1)B(O)OC2)c1ccccc1. The summed E-state index contributed by atoms with van der Waals surface area (Å²) in [5.74, 6) is -0.159. The van der Waals surface area contributed by atoms with E-state index in [1.165, 1.54) is 0 Å². The van der Waals surface area contributed by atoms with Crippen LogP contribution in [0.1, 0.15) is 34.5 Å². The van der Waals surface area contributed by atoms with Gasteiger partial charge in [0.1, 0.15) is 0 Å². The molecule has 0 radical (unpaired) electrons. The third kappa shape index (κ3) is 2.84. The zero-order valence-corrected chi connectivity index (χ0v) is 11.7. The number of carbonyl (C=O) groups excluding carboxylic acids is 1. The Labute approximate surface area is 123 Å². The molecule has 1 atom stereocenters. The van der Waals surface area contributed by atoms with Crippen molar-refractivity contribution in [1.29, 1.82) is 0 Å². The molecule has 0 aliphatic carbocycles. The minimum absolute atomic E-state index is 0.0758. The van der Waals surface area contributed by atoms with Crippen molar-refractivity contribution in [1.82, 2.24) is 5.32 Å². The summed E-state index contributed by atoms with van der Waals surface area (Å²) in [7, 11) is -0.931. The first kappa shape index (κ1) is 13.9. The van der Waals surface area contributed by atoms with E-state index >= 15 is 0 Å². The number of fused-ring (bicyclic) bond motifs is 1. The van der Waals surface area contributed by atoms with Crippen LogP contribution in [-0.2, 0) is 11.3 Å². The van der Waals surface area contributed by atoms with Gasteiger partial charge in [-0.15, -0.1) is 0 Å². The van der Waals surface area contributed by atoms with Crippen molar-refractivity contribution in [3.63, 3.8) is 0 Å². The lowest BCUT2D eigenvalue weighted by Crippen LogP contribution is -2.31. The molecule has 5 heteroatoms. The van der Waals surface area contributed by atoms with Crippen LogP contribution in [0.15, 0.2) is 48.5 Å². The van der Waals surface area contributed by atoms with Crippen molar-refractivity contribution in [3.05, 3.63) is 65.2 Å². The van der Waals surface area contributed by atoms with E-state index in [0.29, 0.717) is 17.6 Å². The fraction of sp³-hybridized carbons (Fsp3) is 0.188. The highest BCUT2D eigenvalue weighted by atomic mass is 16.5. The molecule has 2 aromatic carbocycles. The summed E-state index contributed by atoms with van der Waals surface area (Å²) in [4.78, 5) is 12.3. The number of hydrogen-bond acceptors (Lipinski definition) is 3. The van der Waals surface area contributed by atoms with Gasteiger partial charge in [-0.25, -0.2) is 0 Å². The van der Waals surface area contributed by atoms with Crippen LogP contribution in [-0.4, -0.2) is 18.0 Å². The van der Waals surface area contributed by atoms with Crippen LogP contribution < -0.4 is 10.8 Å². The Hall–Kier alpha value is -2.11. The second kappa shape index (κ2) is 5.72. The van der Waals surface area contributed by atoms with Crippen molar-refractivity contribution in [2.45, 2.75) is 19.6 Å². The van der Waals surface area contributed by atoms with Gasteiger partial charge in [0.2, 0.25) is 0 Å². The summed E-state index contributed by atoms with van der Waals surface area (Å²) in [6.45, 7) is 2.33. The maximum atomic E-state index is 12.3. The molecule has 106 valence electrons. The first-order chi connectivity index (χ1) is 10.1. The van der Waals surface area contributed by atoms with Crippen LogP contribution >= 0.6 is 0 Å². The molecule has 0 saturated carbocycles. The number of nitrogens with one attached hydrogen (secondary N) is 1. The van der Waals surface area contributed by atoms with E-state index in [2.05, 4.69) is 5.32 Å². The topological polar surface area (TPSA) is 58.6 Å². The van der Waals surface area contributed by atoms with Crippen LogP contribution in [0.4, 0.5) is 0 Å². The van der Waals surface area contributed by atoms with Gasteiger partial charge < -0.3 is 15.0 Å². The molecule has 3 rings (SSSR count). The molecule has 0 bridgehead atoms. The quantitative estimate of drug-likeness (QED) is 0.836. The molecule has 0 spiro atoms. The standard InChI is InChI=1S/C16H16BNO3/c1-11(12-5-3-2-4-6-12)18-16(19)13-7-8-14-10-21-17(20)15(14)9-13/h2-9,11,20H,10H2,1H3,(H,18,19). The summed E-state index contributed by atoms with van der Waals surface area (Å²) in [5.41, 5.74) is 3.18. The van der Waals surface area contributed by atoms with Crippen LogP contribution in [0.5, 0.6) is 0 Å². The van der Waals surface area contributed by atoms with Gasteiger partial charge >= 0.3 is 7.12 Å². The molecule has 1 amide bonds.